The zero-order valence-electron chi connectivity index (χ0n) is 15.7. The van der Waals surface area contributed by atoms with Crippen LogP contribution < -0.4 is 4.74 Å². The fourth-order valence-electron chi connectivity index (χ4n) is 3.15. The van der Waals surface area contributed by atoms with Crippen LogP contribution >= 0.6 is 0 Å². The van der Waals surface area contributed by atoms with Crippen LogP contribution in [0.5, 0.6) is 5.75 Å². The zero-order valence-corrected chi connectivity index (χ0v) is 15.7. The molecule has 1 unspecified atom stereocenters. The van der Waals surface area contributed by atoms with Crippen molar-refractivity contribution in [2.75, 3.05) is 20.3 Å². The molecule has 2 aromatic rings. The first-order chi connectivity index (χ1) is 12.6. The Kier molecular flexibility index (Phi) is 5.89. The van der Waals surface area contributed by atoms with Crippen LogP contribution in [-0.2, 0) is 11.3 Å². The van der Waals surface area contributed by atoms with E-state index in [0.29, 0.717) is 18.7 Å². The van der Waals surface area contributed by atoms with E-state index in [4.69, 9.17) is 9.47 Å². The second-order valence-corrected chi connectivity index (χ2v) is 6.80. The third-order valence-corrected chi connectivity index (χ3v) is 4.85. The van der Waals surface area contributed by atoms with E-state index >= 15 is 0 Å². The molecule has 3 rings (SSSR count). The van der Waals surface area contributed by atoms with Crippen molar-refractivity contribution in [1.29, 1.82) is 0 Å². The van der Waals surface area contributed by atoms with Gasteiger partial charge < -0.3 is 14.4 Å². The van der Waals surface area contributed by atoms with Gasteiger partial charge in [-0.15, -0.1) is 0 Å². The largest absolute Gasteiger partial charge is 0.497 e. The van der Waals surface area contributed by atoms with E-state index in [9.17, 15) is 4.79 Å². The Morgan fingerprint density at radius 1 is 1.31 bits per heavy atom. The van der Waals surface area contributed by atoms with Gasteiger partial charge in [-0.3, -0.25) is 9.78 Å². The summed E-state index contributed by atoms with van der Waals surface area (Å²) in [7, 11) is 1.65. The molecule has 1 fully saturated rings. The highest BCUT2D eigenvalue weighted by atomic mass is 16.5. The van der Waals surface area contributed by atoms with Crippen molar-refractivity contribution < 1.29 is 14.3 Å². The zero-order chi connectivity index (χ0) is 18.5. The van der Waals surface area contributed by atoms with Gasteiger partial charge in [0.15, 0.2) is 0 Å². The standard InChI is InChI=1S/C21H26N2O3/c1-15-11-18(12-22-16(15)2)21(24)23(14-20-5-4-10-26-20)13-17-6-8-19(25-3)9-7-17/h6-9,11-12,20H,4-5,10,13-14H2,1-3H3. The summed E-state index contributed by atoms with van der Waals surface area (Å²) < 4.78 is 11.0. The fraction of sp³-hybridized carbons (Fsp3) is 0.429. The molecule has 0 bridgehead atoms. The average Bonchev–Trinajstić information content (AvgIpc) is 3.16. The molecule has 5 nitrogen and oxygen atoms in total. The highest BCUT2D eigenvalue weighted by Gasteiger charge is 2.24. The van der Waals surface area contributed by atoms with Crippen molar-refractivity contribution in [2.24, 2.45) is 0 Å². The normalized spacial score (nSPS) is 16.5. The average molecular weight is 354 g/mol. The number of methoxy groups -OCH3 is 1. The minimum Gasteiger partial charge on any atom is -0.497 e. The molecule has 0 aliphatic carbocycles. The van der Waals surface area contributed by atoms with Crippen molar-refractivity contribution in [1.82, 2.24) is 9.88 Å². The van der Waals surface area contributed by atoms with Crippen molar-refractivity contribution >= 4 is 5.91 Å². The molecule has 26 heavy (non-hydrogen) atoms. The number of carbonyl (C=O) groups excluding carboxylic acids is 1. The van der Waals surface area contributed by atoms with Gasteiger partial charge in [0.2, 0.25) is 0 Å². The molecule has 138 valence electrons. The van der Waals surface area contributed by atoms with Crippen LogP contribution in [0, 0.1) is 13.8 Å². The van der Waals surface area contributed by atoms with Gasteiger partial charge in [0, 0.05) is 31.6 Å². The van der Waals surface area contributed by atoms with Crippen LogP contribution in [0.4, 0.5) is 0 Å². The summed E-state index contributed by atoms with van der Waals surface area (Å²) in [6.07, 6.45) is 3.83. The summed E-state index contributed by atoms with van der Waals surface area (Å²) >= 11 is 0. The van der Waals surface area contributed by atoms with Gasteiger partial charge in [0.1, 0.15) is 5.75 Å². The Hall–Kier alpha value is -2.40. The first kappa shape index (κ1) is 18.4. The number of aryl methyl sites for hydroxylation is 2. The molecule has 0 saturated carbocycles. The number of aromatic nitrogens is 1. The van der Waals surface area contributed by atoms with E-state index in [1.165, 1.54) is 0 Å². The molecule has 0 spiro atoms. The van der Waals surface area contributed by atoms with Gasteiger partial charge in [-0.1, -0.05) is 12.1 Å². The van der Waals surface area contributed by atoms with E-state index < -0.39 is 0 Å². The lowest BCUT2D eigenvalue weighted by Gasteiger charge is -2.26. The molecule has 5 heteroatoms. The summed E-state index contributed by atoms with van der Waals surface area (Å²) in [5, 5.41) is 0. The number of ether oxygens (including phenoxy) is 2. The third kappa shape index (κ3) is 4.41. The number of hydrogen-bond acceptors (Lipinski definition) is 4. The Balaban J connectivity index is 1.80. The van der Waals surface area contributed by atoms with Crippen LogP contribution in [0.1, 0.15) is 40.0 Å². The van der Waals surface area contributed by atoms with E-state index in [1.807, 2.05) is 49.1 Å². The molecule has 1 aromatic heterocycles. The fourth-order valence-corrected chi connectivity index (χ4v) is 3.15. The highest BCUT2D eigenvalue weighted by molar-refractivity contribution is 5.94. The summed E-state index contributed by atoms with van der Waals surface area (Å²) in [6, 6.07) is 9.74. The molecule has 0 radical (unpaired) electrons. The van der Waals surface area contributed by atoms with Gasteiger partial charge in [-0.05, 0) is 56.0 Å². The number of carbonyl (C=O) groups is 1. The molecule has 1 aliphatic rings. The first-order valence-corrected chi connectivity index (χ1v) is 9.04. The Labute approximate surface area is 155 Å². The van der Waals surface area contributed by atoms with Crippen LogP contribution in [0.3, 0.4) is 0 Å². The first-order valence-electron chi connectivity index (χ1n) is 9.04. The van der Waals surface area contributed by atoms with Gasteiger partial charge in [0.25, 0.3) is 5.91 Å². The molecule has 1 aromatic carbocycles. The van der Waals surface area contributed by atoms with Gasteiger partial charge in [-0.2, -0.15) is 0 Å². The number of rotatable bonds is 6. The predicted octanol–water partition coefficient (Wildman–Crippen LogP) is 3.53. The Bertz CT molecular complexity index is 752. The molecular formula is C21H26N2O3. The topological polar surface area (TPSA) is 51.7 Å². The van der Waals surface area contributed by atoms with E-state index in [-0.39, 0.29) is 12.0 Å². The van der Waals surface area contributed by atoms with Gasteiger partial charge in [-0.25, -0.2) is 0 Å². The molecule has 2 heterocycles. The number of pyridine rings is 1. The SMILES string of the molecule is COc1ccc(CN(CC2CCCO2)C(=O)c2cnc(C)c(C)c2)cc1. The molecule has 1 amide bonds. The smallest absolute Gasteiger partial charge is 0.255 e. The van der Waals surface area contributed by atoms with Crippen LogP contribution in [0.15, 0.2) is 36.5 Å². The quantitative estimate of drug-likeness (QED) is 0.796. The molecule has 1 aliphatic heterocycles. The lowest BCUT2D eigenvalue weighted by atomic mass is 10.1. The van der Waals surface area contributed by atoms with Crippen LogP contribution in [0.2, 0.25) is 0 Å². The monoisotopic (exact) mass is 354 g/mol. The van der Waals surface area contributed by atoms with Crippen molar-refractivity contribution in [3.05, 3.63) is 58.9 Å². The minimum atomic E-state index is -0.00748. The number of amides is 1. The maximum absolute atomic E-state index is 13.1. The summed E-state index contributed by atoms with van der Waals surface area (Å²) in [6.45, 7) is 5.84. The maximum Gasteiger partial charge on any atom is 0.255 e. The number of hydrogen-bond donors (Lipinski definition) is 0. The Morgan fingerprint density at radius 2 is 2.08 bits per heavy atom. The summed E-state index contributed by atoms with van der Waals surface area (Å²) in [4.78, 5) is 19.3. The molecule has 0 N–H and O–H groups in total. The highest BCUT2D eigenvalue weighted by Crippen LogP contribution is 2.19. The molecule has 1 atom stereocenters. The van der Waals surface area contributed by atoms with Crippen LogP contribution in [-0.4, -0.2) is 42.2 Å². The van der Waals surface area contributed by atoms with E-state index in [0.717, 1.165) is 42.0 Å². The van der Waals surface area contributed by atoms with Crippen molar-refractivity contribution in [3.63, 3.8) is 0 Å². The molecule has 1 saturated heterocycles. The lowest BCUT2D eigenvalue weighted by molar-refractivity contribution is 0.0507. The summed E-state index contributed by atoms with van der Waals surface area (Å²) in [5.41, 5.74) is 3.66. The maximum atomic E-state index is 13.1. The molecular weight excluding hydrogens is 328 g/mol. The van der Waals surface area contributed by atoms with E-state index in [1.54, 1.807) is 13.3 Å². The van der Waals surface area contributed by atoms with Gasteiger partial charge in [0.05, 0.1) is 18.8 Å². The Morgan fingerprint density at radius 3 is 2.69 bits per heavy atom. The van der Waals surface area contributed by atoms with Gasteiger partial charge >= 0.3 is 0 Å². The minimum absolute atomic E-state index is 0.00748. The second-order valence-electron chi connectivity index (χ2n) is 6.80. The third-order valence-electron chi connectivity index (χ3n) is 4.85. The van der Waals surface area contributed by atoms with Crippen molar-refractivity contribution in [2.45, 2.75) is 39.3 Å². The summed E-state index contributed by atoms with van der Waals surface area (Å²) in [5.74, 6) is 0.802. The van der Waals surface area contributed by atoms with Crippen molar-refractivity contribution in [3.8, 4) is 5.75 Å². The predicted molar refractivity (Wildman–Crippen MR) is 100 cm³/mol. The number of nitrogens with zero attached hydrogens (tertiary/aromatic N) is 2. The second kappa shape index (κ2) is 8.32. The number of benzene rings is 1. The lowest BCUT2D eigenvalue weighted by Crippen LogP contribution is -2.37. The van der Waals surface area contributed by atoms with Crippen LogP contribution in [0.25, 0.3) is 0 Å². The van der Waals surface area contributed by atoms with E-state index in [2.05, 4.69) is 4.98 Å².